The minimum Gasteiger partial charge on any atom is -0.491 e. The molecule has 1 aliphatic heterocycles. The van der Waals surface area contributed by atoms with E-state index in [0.717, 1.165) is 26.2 Å². The van der Waals surface area contributed by atoms with Gasteiger partial charge >= 0.3 is 0 Å². The van der Waals surface area contributed by atoms with Crippen LogP contribution in [-0.2, 0) is 0 Å². The van der Waals surface area contributed by atoms with Gasteiger partial charge in [0.25, 0.3) is 0 Å². The maximum Gasteiger partial charge on any atom is 0.190 e. The summed E-state index contributed by atoms with van der Waals surface area (Å²) in [5, 5.41) is 0. The van der Waals surface area contributed by atoms with Gasteiger partial charge in [0.1, 0.15) is 0 Å². The molecule has 1 aromatic carbocycles. The van der Waals surface area contributed by atoms with E-state index in [0.29, 0.717) is 5.69 Å². The second kappa shape index (κ2) is 4.87. The molecule has 0 aromatic heterocycles. The molecule has 0 spiro atoms. The van der Waals surface area contributed by atoms with Gasteiger partial charge in [0, 0.05) is 44.0 Å². The molecule has 3 nitrogen and oxygen atoms in total. The Kier molecular flexibility index (Phi) is 3.47. The number of rotatable bonds is 2. The molecule has 1 saturated heterocycles. The molecule has 0 atom stereocenters. The number of benzene rings is 1. The Balaban J connectivity index is 2.22. The number of anilines is 1. The molecule has 1 aromatic rings. The van der Waals surface area contributed by atoms with Crippen LogP contribution in [0.25, 0.3) is 0 Å². The van der Waals surface area contributed by atoms with Gasteiger partial charge in [0.2, 0.25) is 0 Å². The van der Waals surface area contributed by atoms with Crippen molar-refractivity contribution in [1.82, 2.24) is 4.90 Å². The highest BCUT2D eigenvalue weighted by Gasteiger charge is 2.18. The van der Waals surface area contributed by atoms with Crippen molar-refractivity contribution in [3.8, 4) is 5.75 Å². The van der Waals surface area contributed by atoms with Gasteiger partial charge in [-0.3, -0.25) is 0 Å². The first-order valence-electron chi connectivity index (χ1n) is 5.58. The number of hydrogen-bond acceptors (Lipinski definition) is 3. The van der Waals surface area contributed by atoms with E-state index in [1.807, 2.05) is 11.9 Å². The summed E-state index contributed by atoms with van der Waals surface area (Å²) in [7, 11) is 3.30. The van der Waals surface area contributed by atoms with E-state index in [1.54, 1.807) is 0 Å². The third kappa shape index (κ3) is 2.49. The van der Waals surface area contributed by atoms with E-state index in [4.69, 9.17) is 0 Å². The summed E-state index contributed by atoms with van der Waals surface area (Å²) in [4.78, 5) is 4.17. The van der Waals surface area contributed by atoms with Crippen LogP contribution in [0.1, 0.15) is 0 Å². The zero-order chi connectivity index (χ0) is 12.4. The number of ether oxygens (including phenoxy) is 1. The Morgan fingerprint density at radius 2 is 1.59 bits per heavy atom. The molecule has 0 aliphatic carbocycles. The van der Waals surface area contributed by atoms with Crippen molar-refractivity contribution in [2.75, 3.05) is 45.2 Å². The molecule has 0 bridgehead atoms. The molecule has 0 unspecified atom stereocenters. The van der Waals surface area contributed by atoms with E-state index >= 15 is 0 Å². The van der Waals surface area contributed by atoms with Crippen LogP contribution in [-0.4, -0.2) is 45.2 Å². The van der Waals surface area contributed by atoms with E-state index in [2.05, 4.69) is 9.64 Å². The van der Waals surface area contributed by atoms with Gasteiger partial charge in [-0.1, -0.05) is 0 Å². The third-order valence-corrected chi connectivity index (χ3v) is 3.06. The fourth-order valence-corrected chi connectivity index (χ4v) is 1.99. The van der Waals surface area contributed by atoms with Crippen LogP contribution in [0.5, 0.6) is 5.75 Å². The molecule has 0 N–H and O–H groups in total. The van der Waals surface area contributed by atoms with Gasteiger partial charge in [-0.05, 0) is 7.05 Å². The average molecular weight is 242 g/mol. The molecule has 0 amide bonds. The molecule has 1 fully saturated rings. The van der Waals surface area contributed by atoms with Crippen molar-refractivity contribution in [2.45, 2.75) is 0 Å². The van der Waals surface area contributed by atoms with Crippen molar-refractivity contribution in [1.29, 1.82) is 0 Å². The summed E-state index contributed by atoms with van der Waals surface area (Å²) in [6, 6.07) is 2.65. The smallest absolute Gasteiger partial charge is 0.190 e. The highest BCUT2D eigenvalue weighted by atomic mass is 19.1. The van der Waals surface area contributed by atoms with Crippen LogP contribution < -0.4 is 9.64 Å². The number of methoxy groups -OCH3 is 1. The fourth-order valence-electron chi connectivity index (χ4n) is 1.99. The molecule has 94 valence electrons. The van der Waals surface area contributed by atoms with Gasteiger partial charge in [-0.25, -0.2) is 8.78 Å². The Labute approximate surface area is 99.6 Å². The van der Waals surface area contributed by atoms with E-state index in [1.165, 1.54) is 19.2 Å². The second-order valence-corrected chi connectivity index (χ2v) is 4.23. The number of piperazine rings is 1. The molecule has 0 saturated carbocycles. The topological polar surface area (TPSA) is 15.7 Å². The van der Waals surface area contributed by atoms with Gasteiger partial charge in [-0.2, -0.15) is 0 Å². The SMILES string of the molecule is COc1c(F)cc(N2CCN(C)CC2)cc1F. The quantitative estimate of drug-likeness (QED) is 0.785. The summed E-state index contributed by atoms with van der Waals surface area (Å²) in [5.41, 5.74) is 0.578. The lowest BCUT2D eigenvalue weighted by molar-refractivity contribution is 0.312. The first-order chi connectivity index (χ1) is 8.11. The van der Waals surface area contributed by atoms with Gasteiger partial charge < -0.3 is 14.5 Å². The van der Waals surface area contributed by atoms with Gasteiger partial charge in [-0.15, -0.1) is 0 Å². The highest BCUT2D eigenvalue weighted by molar-refractivity contribution is 5.51. The molecule has 1 heterocycles. The summed E-state index contributed by atoms with van der Waals surface area (Å²) < 4.78 is 31.7. The van der Waals surface area contributed by atoms with Crippen LogP contribution in [0.3, 0.4) is 0 Å². The van der Waals surface area contributed by atoms with E-state index in [-0.39, 0.29) is 5.75 Å². The highest BCUT2D eigenvalue weighted by Crippen LogP contribution is 2.27. The standard InChI is InChI=1S/C12H16F2N2O/c1-15-3-5-16(6-4-15)9-7-10(13)12(17-2)11(14)8-9/h7-8H,3-6H2,1-2H3. The summed E-state index contributed by atoms with van der Waals surface area (Å²) >= 11 is 0. The van der Waals surface area contributed by atoms with Gasteiger partial charge in [0.05, 0.1) is 7.11 Å². The van der Waals surface area contributed by atoms with Crippen molar-refractivity contribution in [3.63, 3.8) is 0 Å². The largest absolute Gasteiger partial charge is 0.491 e. The van der Waals surface area contributed by atoms with E-state index < -0.39 is 11.6 Å². The minimum absolute atomic E-state index is 0.317. The lowest BCUT2D eigenvalue weighted by atomic mass is 10.2. The van der Waals surface area contributed by atoms with E-state index in [9.17, 15) is 8.78 Å². The lowest BCUT2D eigenvalue weighted by Crippen LogP contribution is -2.44. The Hall–Kier alpha value is -1.36. The zero-order valence-corrected chi connectivity index (χ0v) is 10.0. The van der Waals surface area contributed by atoms with Crippen LogP contribution >= 0.6 is 0 Å². The molecule has 2 rings (SSSR count). The van der Waals surface area contributed by atoms with Crippen LogP contribution in [0.15, 0.2) is 12.1 Å². The molecule has 17 heavy (non-hydrogen) atoms. The number of halogens is 2. The molecular formula is C12H16F2N2O. The predicted molar refractivity (Wildman–Crippen MR) is 62.6 cm³/mol. The molecule has 0 radical (unpaired) electrons. The number of likely N-dealkylation sites (N-methyl/N-ethyl adjacent to an activating group) is 1. The predicted octanol–water partition coefficient (Wildman–Crippen LogP) is 1.73. The molecular weight excluding hydrogens is 226 g/mol. The maximum atomic E-state index is 13.5. The van der Waals surface area contributed by atoms with Crippen molar-refractivity contribution < 1.29 is 13.5 Å². The van der Waals surface area contributed by atoms with Gasteiger partial charge in [0.15, 0.2) is 17.4 Å². The third-order valence-electron chi connectivity index (χ3n) is 3.06. The Bertz CT molecular complexity index is 380. The van der Waals surface area contributed by atoms with Crippen molar-refractivity contribution in [3.05, 3.63) is 23.8 Å². The fraction of sp³-hybridized carbons (Fsp3) is 0.500. The molecule has 5 heteroatoms. The Morgan fingerprint density at radius 3 is 2.06 bits per heavy atom. The average Bonchev–Trinajstić information content (AvgIpc) is 2.29. The van der Waals surface area contributed by atoms with Crippen molar-refractivity contribution in [2.24, 2.45) is 0 Å². The first-order valence-corrected chi connectivity index (χ1v) is 5.58. The minimum atomic E-state index is -0.651. The first kappa shape index (κ1) is 12.1. The Morgan fingerprint density at radius 1 is 1.06 bits per heavy atom. The zero-order valence-electron chi connectivity index (χ0n) is 10.0. The normalized spacial score (nSPS) is 17.3. The maximum absolute atomic E-state index is 13.5. The number of hydrogen-bond donors (Lipinski definition) is 0. The van der Waals surface area contributed by atoms with Crippen LogP contribution in [0.2, 0.25) is 0 Å². The van der Waals surface area contributed by atoms with Crippen LogP contribution in [0.4, 0.5) is 14.5 Å². The summed E-state index contributed by atoms with van der Waals surface area (Å²) in [6.07, 6.45) is 0. The number of nitrogens with zero attached hydrogens (tertiary/aromatic N) is 2. The lowest BCUT2D eigenvalue weighted by Gasteiger charge is -2.34. The summed E-state index contributed by atoms with van der Waals surface area (Å²) in [6.45, 7) is 3.36. The van der Waals surface area contributed by atoms with Crippen LogP contribution in [0, 0.1) is 11.6 Å². The molecule has 1 aliphatic rings. The summed E-state index contributed by atoms with van der Waals surface area (Å²) in [5.74, 6) is -1.62. The second-order valence-electron chi connectivity index (χ2n) is 4.23. The van der Waals surface area contributed by atoms with Crippen molar-refractivity contribution >= 4 is 5.69 Å². The monoisotopic (exact) mass is 242 g/mol.